The molecule has 0 spiro atoms. The van der Waals surface area contributed by atoms with Crippen LogP contribution in [0.4, 0.5) is 0 Å². The zero-order chi connectivity index (χ0) is 15.6. The molecule has 0 heterocycles. The van der Waals surface area contributed by atoms with Crippen LogP contribution in [0.1, 0.15) is 11.1 Å². The Morgan fingerprint density at radius 1 is 0.714 bits per heavy atom. The van der Waals surface area contributed by atoms with Gasteiger partial charge in [0.25, 0.3) is 0 Å². The Hall–Kier alpha value is -1.83. The molecule has 0 unspecified atom stereocenters. The van der Waals surface area contributed by atoms with Gasteiger partial charge in [-0.15, -0.1) is 0 Å². The van der Waals surface area contributed by atoms with Gasteiger partial charge in [-0.3, -0.25) is 0 Å². The van der Waals surface area contributed by atoms with Gasteiger partial charge in [-0.05, 0) is 24.3 Å². The molecule has 0 aliphatic rings. The molecule has 0 aromatic heterocycles. The Bertz CT molecular complexity index is 667. The molecule has 0 aliphatic carbocycles. The average molecular weight is 338 g/mol. The molecule has 0 aliphatic heterocycles. The van der Waals surface area contributed by atoms with Gasteiger partial charge in [-0.2, -0.15) is 0 Å². The van der Waals surface area contributed by atoms with Crippen LogP contribution in [0.25, 0.3) is 0 Å². The first-order valence-corrected chi connectivity index (χ1v) is 7.32. The molecule has 0 saturated carbocycles. The van der Waals surface area contributed by atoms with Crippen molar-refractivity contribution in [2.24, 2.45) is 0 Å². The molecule has 0 bridgehead atoms. The van der Waals surface area contributed by atoms with Crippen molar-refractivity contribution in [2.45, 2.75) is 0 Å². The molecular weight excluding hydrogens is 328 g/mol. The summed E-state index contributed by atoms with van der Waals surface area (Å²) in [5.41, 5.74) is 0.738. The average Bonchev–Trinajstić information content (AvgIpc) is 2.37. The van der Waals surface area contributed by atoms with E-state index in [-0.39, 0.29) is 23.0 Å². The Kier molecular flexibility index (Phi) is 4.66. The van der Waals surface area contributed by atoms with Crippen molar-refractivity contribution in [1.29, 1.82) is 0 Å². The van der Waals surface area contributed by atoms with Crippen LogP contribution >= 0.6 is 36.2 Å². The maximum absolute atomic E-state index is 9.75. The number of rotatable bonds is 2. The molecule has 0 saturated heterocycles. The van der Waals surface area contributed by atoms with Gasteiger partial charge >= 0.3 is 0 Å². The first kappa shape index (κ1) is 15.6. The van der Waals surface area contributed by atoms with E-state index in [9.17, 15) is 20.4 Å². The minimum atomic E-state index is -0.148. The summed E-state index contributed by atoms with van der Waals surface area (Å²) in [6.07, 6.45) is 0. The van der Waals surface area contributed by atoms with Crippen molar-refractivity contribution in [3.8, 4) is 23.0 Å². The highest BCUT2D eigenvalue weighted by atomic mass is 32.2. The second-order valence-corrected chi connectivity index (χ2v) is 6.43. The van der Waals surface area contributed by atoms with E-state index in [0.717, 1.165) is 11.8 Å². The van der Waals surface area contributed by atoms with Crippen LogP contribution in [0.5, 0.6) is 23.0 Å². The summed E-state index contributed by atoms with van der Waals surface area (Å²) < 4.78 is 0.620. The molecule has 2 rings (SSSR count). The molecule has 2 aromatic rings. The van der Waals surface area contributed by atoms with Gasteiger partial charge in [0.15, 0.2) is 0 Å². The minimum Gasteiger partial charge on any atom is -0.508 e. The predicted octanol–water partition coefficient (Wildman–Crippen LogP) is 3.29. The monoisotopic (exact) mass is 338 g/mol. The van der Waals surface area contributed by atoms with Crippen molar-refractivity contribution >= 4 is 44.6 Å². The van der Waals surface area contributed by atoms with Crippen LogP contribution < -0.4 is 0 Å². The lowest BCUT2D eigenvalue weighted by Gasteiger charge is -2.09. The summed E-state index contributed by atoms with van der Waals surface area (Å²) in [5, 5.41) is 38.0. The molecule has 0 fully saturated rings. The van der Waals surface area contributed by atoms with Crippen molar-refractivity contribution in [3.63, 3.8) is 0 Å². The number of thiocarbonyl (C=S) groups is 2. The van der Waals surface area contributed by atoms with E-state index < -0.39 is 0 Å². The Balaban J connectivity index is 2.21. The zero-order valence-corrected chi connectivity index (χ0v) is 12.9. The maximum atomic E-state index is 9.75. The lowest BCUT2D eigenvalue weighted by Crippen LogP contribution is -1.99. The van der Waals surface area contributed by atoms with Gasteiger partial charge in [0, 0.05) is 23.3 Å². The maximum Gasteiger partial charge on any atom is 0.128 e. The second-order valence-electron chi connectivity index (χ2n) is 4.08. The van der Waals surface area contributed by atoms with E-state index in [1.54, 1.807) is 0 Å². The number of phenols is 4. The third kappa shape index (κ3) is 3.63. The fraction of sp³-hybridized carbons (Fsp3) is 0. The highest BCUT2D eigenvalue weighted by Crippen LogP contribution is 2.32. The van der Waals surface area contributed by atoms with Gasteiger partial charge in [-0.25, -0.2) is 0 Å². The zero-order valence-electron chi connectivity index (χ0n) is 10.5. The summed E-state index contributed by atoms with van der Waals surface area (Å²) in [6.45, 7) is 0. The van der Waals surface area contributed by atoms with E-state index in [1.807, 2.05) is 0 Å². The first-order chi connectivity index (χ1) is 9.88. The number of phenolic OH excluding ortho intramolecular Hbond substituents is 4. The topological polar surface area (TPSA) is 80.9 Å². The van der Waals surface area contributed by atoms with E-state index in [4.69, 9.17) is 24.4 Å². The standard InChI is InChI=1S/C14H10O4S3/c15-7-1-3-9(11(17)5-7)13(19)21-14(20)10-4-2-8(16)6-12(10)18/h1-6,15-18H. The van der Waals surface area contributed by atoms with Gasteiger partial charge in [0.1, 0.15) is 23.0 Å². The third-order valence-electron chi connectivity index (χ3n) is 2.59. The molecule has 4 N–H and O–H groups in total. The summed E-state index contributed by atoms with van der Waals surface area (Å²) >= 11 is 11.4. The highest BCUT2D eigenvalue weighted by Gasteiger charge is 2.15. The number of hydrogen-bond donors (Lipinski definition) is 4. The van der Waals surface area contributed by atoms with Gasteiger partial charge in [-0.1, -0.05) is 36.2 Å². The van der Waals surface area contributed by atoms with E-state index in [0.29, 0.717) is 19.5 Å². The Morgan fingerprint density at radius 2 is 1.10 bits per heavy atom. The van der Waals surface area contributed by atoms with E-state index in [2.05, 4.69) is 0 Å². The first-order valence-electron chi connectivity index (χ1n) is 5.69. The van der Waals surface area contributed by atoms with Crippen LogP contribution in [0, 0.1) is 0 Å². The van der Waals surface area contributed by atoms with E-state index >= 15 is 0 Å². The molecular formula is C14H10O4S3. The molecule has 2 aromatic carbocycles. The van der Waals surface area contributed by atoms with Crippen LogP contribution in [0.3, 0.4) is 0 Å². The van der Waals surface area contributed by atoms with Crippen LogP contribution in [-0.4, -0.2) is 28.8 Å². The normalized spacial score (nSPS) is 10.3. The summed E-state index contributed by atoms with van der Waals surface area (Å²) in [7, 11) is 0. The lowest BCUT2D eigenvalue weighted by atomic mass is 10.2. The Labute approximate surface area is 135 Å². The fourth-order valence-corrected chi connectivity index (χ4v) is 3.32. The van der Waals surface area contributed by atoms with Crippen LogP contribution in [0.15, 0.2) is 36.4 Å². The second kappa shape index (κ2) is 6.30. The van der Waals surface area contributed by atoms with Crippen molar-refractivity contribution in [1.82, 2.24) is 0 Å². The Morgan fingerprint density at radius 3 is 1.43 bits per heavy atom. The van der Waals surface area contributed by atoms with Crippen LogP contribution in [-0.2, 0) is 0 Å². The fourth-order valence-electron chi connectivity index (χ4n) is 1.58. The quantitative estimate of drug-likeness (QED) is 0.626. The molecule has 0 amide bonds. The largest absolute Gasteiger partial charge is 0.508 e. The number of aromatic hydroxyl groups is 4. The third-order valence-corrected chi connectivity index (χ3v) is 4.34. The summed E-state index contributed by atoms with van der Waals surface area (Å²) in [5.74, 6) is -0.430. The predicted molar refractivity (Wildman–Crippen MR) is 90.5 cm³/mol. The molecule has 21 heavy (non-hydrogen) atoms. The van der Waals surface area contributed by atoms with Gasteiger partial charge in [0.2, 0.25) is 0 Å². The molecule has 7 heteroatoms. The summed E-state index contributed by atoms with van der Waals surface area (Å²) in [4.78, 5) is 0. The number of benzene rings is 2. The van der Waals surface area contributed by atoms with Crippen molar-refractivity contribution in [2.75, 3.05) is 0 Å². The smallest absolute Gasteiger partial charge is 0.128 e. The molecule has 0 radical (unpaired) electrons. The minimum absolute atomic E-state index is 0.0668. The molecule has 0 atom stereocenters. The molecule has 108 valence electrons. The molecule has 4 nitrogen and oxygen atoms in total. The van der Waals surface area contributed by atoms with E-state index in [1.165, 1.54) is 36.4 Å². The lowest BCUT2D eigenvalue weighted by molar-refractivity contribution is 0.449. The van der Waals surface area contributed by atoms with Crippen molar-refractivity contribution < 1.29 is 20.4 Å². The highest BCUT2D eigenvalue weighted by molar-refractivity contribution is 8.39. The van der Waals surface area contributed by atoms with Gasteiger partial charge in [0.05, 0.1) is 8.39 Å². The summed E-state index contributed by atoms with van der Waals surface area (Å²) in [6, 6.07) is 8.15. The van der Waals surface area contributed by atoms with Gasteiger partial charge < -0.3 is 20.4 Å². The van der Waals surface area contributed by atoms with Crippen LogP contribution in [0.2, 0.25) is 0 Å². The number of hydrogen-bond acceptors (Lipinski definition) is 7. The SMILES string of the molecule is Oc1ccc(C(=S)SC(=S)c2ccc(O)cc2O)c(O)c1. The number of thioether (sulfide) groups is 1. The van der Waals surface area contributed by atoms with Crippen molar-refractivity contribution in [3.05, 3.63) is 47.5 Å².